The maximum absolute atomic E-state index is 12.3. The van der Waals surface area contributed by atoms with E-state index in [-0.39, 0.29) is 17.8 Å². The lowest BCUT2D eigenvalue weighted by atomic mass is 10.1. The van der Waals surface area contributed by atoms with Crippen LogP contribution in [0.3, 0.4) is 0 Å². The smallest absolute Gasteiger partial charge is 0.325 e. The first-order valence-corrected chi connectivity index (χ1v) is 10.3. The molecule has 32 heavy (non-hydrogen) atoms. The van der Waals surface area contributed by atoms with Gasteiger partial charge < -0.3 is 19.6 Å². The molecule has 0 bridgehead atoms. The fourth-order valence-electron chi connectivity index (χ4n) is 3.81. The third kappa shape index (κ3) is 3.45. The summed E-state index contributed by atoms with van der Waals surface area (Å²) in [5, 5.41) is 10.6. The second-order valence-electron chi connectivity index (χ2n) is 7.54. The lowest BCUT2D eigenvalue weighted by Crippen LogP contribution is -2.22. The normalized spacial score (nSPS) is 12.8. The number of aromatic hydroxyl groups is 1. The van der Waals surface area contributed by atoms with Gasteiger partial charge in [0.2, 0.25) is 5.88 Å². The molecule has 1 aliphatic heterocycles. The Kier molecular flexibility index (Phi) is 4.82. The van der Waals surface area contributed by atoms with Crippen LogP contribution in [-0.2, 0) is 6.54 Å². The van der Waals surface area contributed by atoms with Crippen molar-refractivity contribution in [3.05, 3.63) is 72.1 Å². The van der Waals surface area contributed by atoms with Crippen LogP contribution in [0.15, 0.2) is 60.9 Å². The van der Waals surface area contributed by atoms with Crippen LogP contribution in [0.4, 0.5) is 11.4 Å². The molecule has 0 fully saturated rings. The van der Waals surface area contributed by atoms with E-state index in [9.17, 15) is 9.90 Å². The number of nitrogens with zero attached hydrogens (tertiary/aromatic N) is 5. The summed E-state index contributed by atoms with van der Waals surface area (Å²) in [7, 11) is 1.98. The number of amides is 1. The molecule has 0 atom stereocenters. The summed E-state index contributed by atoms with van der Waals surface area (Å²) < 4.78 is 5.73. The van der Waals surface area contributed by atoms with Gasteiger partial charge in [0.05, 0.1) is 17.1 Å². The quantitative estimate of drug-likeness (QED) is 0.509. The maximum Gasteiger partial charge on any atom is 0.325 e. The highest BCUT2D eigenvalue weighted by atomic mass is 16.5. The van der Waals surface area contributed by atoms with Gasteiger partial charge in [-0.05, 0) is 61.0 Å². The van der Waals surface area contributed by atoms with Crippen molar-refractivity contribution < 1.29 is 14.6 Å². The third-order valence-electron chi connectivity index (χ3n) is 5.63. The number of anilines is 2. The molecular formula is C24H21N5O3. The van der Waals surface area contributed by atoms with Gasteiger partial charge >= 0.3 is 6.01 Å². The summed E-state index contributed by atoms with van der Waals surface area (Å²) in [5.74, 6) is 0.486. The Hall–Kier alpha value is -4.20. The molecule has 0 aliphatic carbocycles. The molecule has 8 heteroatoms. The van der Waals surface area contributed by atoms with E-state index in [1.54, 1.807) is 18.5 Å². The van der Waals surface area contributed by atoms with Crippen LogP contribution in [0.2, 0.25) is 0 Å². The standard InChI is InChI=1S/C24H21N5O3/c1-3-29-14-15-12-17(6-9-19(15)23(29)31)28(2)16-4-7-18(8-5-16)32-24-26-21-13-25-11-10-20(21)22(30)27-24/h4-13H,3,14H2,1-2H3,(H,26,27,30). The number of rotatable bonds is 5. The number of hydrogen-bond acceptors (Lipinski definition) is 7. The SMILES string of the molecule is CCN1Cc2cc(N(C)c3ccc(Oc4nc(O)c5ccncc5n4)cc3)ccc2C1=O. The summed E-state index contributed by atoms with van der Waals surface area (Å²) in [6, 6.07) is 15.1. The van der Waals surface area contributed by atoms with Crippen molar-refractivity contribution >= 4 is 28.2 Å². The van der Waals surface area contributed by atoms with Gasteiger partial charge in [0.1, 0.15) is 5.75 Å². The Morgan fingerprint density at radius 3 is 2.66 bits per heavy atom. The van der Waals surface area contributed by atoms with Gasteiger partial charge in [-0.1, -0.05) is 0 Å². The van der Waals surface area contributed by atoms with Crippen LogP contribution >= 0.6 is 0 Å². The lowest BCUT2D eigenvalue weighted by Gasteiger charge is -2.20. The van der Waals surface area contributed by atoms with Gasteiger partial charge in [-0.2, -0.15) is 9.97 Å². The molecule has 1 N–H and O–H groups in total. The zero-order valence-electron chi connectivity index (χ0n) is 17.7. The predicted molar refractivity (Wildman–Crippen MR) is 120 cm³/mol. The fraction of sp³-hybridized carbons (Fsp3) is 0.167. The number of carbonyl (C=O) groups is 1. The number of hydrogen-bond donors (Lipinski definition) is 1. The zero-order valence-corrected chi connectivity index (χ0v) is 17.7. The average molecular weight is 427 g/mol. The molecule has 0 saturated heterocycles. The van der Waals surface area contributed by atoms with Gasteiger partial charge in [0.25, 0.3) is 5.91 Å². The van der Waals surface area contributed by atoms with E-state index in [0.29, 0.717) is 29.7 Å². The van der Waals surface area contributed by atoms with Gasteiger partial charge in [0.15, 0.2) is 0 Å². The predicted octanol–water partition coefficient (Wildman–Crippen LogP) is 4.27. The van der Waals surface area contributed by atoms with Crippen LogP contribution < -0.4 is 9.64 Å². The highest BCUT2D eigenvalue weighted by molar-refractivity contribution is 5.99. The van der Waals surface area contributed by atoms with E-state index in [0.717, 1.165) is 22.5 Å². The van der Waals surface area contributed by atoms with Crippen molar-refractivity contribution in [2.24, 2.45) is 0 Å². The average Bonchev–Trinajstić information content (AvgIpc) is 3.14. The first-order chi connectivity index (χ1) is 15.5. The molecule has 5 rings (SSSR count). The monoisotopic (exact) mass is 427 g/mol. The van der Waals surface area contributed by atoms with E-state index in [2.05, 4.69) is 21.0 Å². The molecule has 0 spiro atoms. The molecule has 160 valence electrons. The number of aromatic nitrogens is 3. The second-order valence-corrected chi connectivity index (χ2v) is 7.54. The summed E-state index contributed by atoms with van der Waals surface area (Å²) in [6.07, 6.45) is 3.12. The van der Waals surface area contributed by atoms with E-state index in [1.165, 1.54) is 0 Å². The Balaban J connectivity index is 1.35. The summed E-state index contributed by atoms with van der Waals surface area (Å²) in [6.45, 7) is 3.34. The number of fused-ring (bicyclic) bond motifs is 2. The molecule has 1 aliphatic rings. The molecule has 1 amide bonds. The van der Waals surface area contributed by atoms with Crippen LogP contribution in [0.5, 0.6) is 17.6 Å². The Bertz CT molecular complexity index is 1320. The van der Waals surface area contributed by atoms with E-state index in [4.69, 9.17) is 4.74 Å². The highest BCUT2D eigenvalue weighted by Gasteiger charge is 2.26. The van der Waals surface area contributed by atoms with E-state index in [1.807, 2.05) is 60.2 Å². The van der Waals surface area contributed by atoms with Crippen LogP contribution in [0.25, 0.3) is 10.9 Å². The fourth-order valence-corrected chi connectivity index (χ4v) is 3.81. The van der Waals surface area contributed by atoms with Crippen molar-refractivity contribution in [1.29, 1.82) is 0 Å². The van der Waals surface area contributed by atoms with Crippen molar-refractivity contribution in [3.63, 3.8) is 0 Å². The molecule has 8 nitrogen and oxygen atoms in total. The van der Waals surface area contributed by atoms with Gasteiger partial charge in [-0.3, -0.25) is 9.78 Å². The number of ether oxygens (including phenoxy) is 1. The third-order valence-corrected chi connectivity index (χ3v) is 5.63. The first-order valence-electron chi connectivity index (χ1n) is 10.3. The zero-order chi connectivity index (χ0) is 22.2. The maximum atomic E-state index is 12.3. The van der Waals surface area contributed by atoms with E-state index >= 15 is 0 Å². The topological polar surface area (TPSA) is 91.7 Å². The molecule has 3 heterocycles. The molecule has 2 aromatic carbocycles. The minimum Gasteiger partial charge on any atom is -0.493 e. The second kappa shape index (κ2) is 7.81. The first kappa shape index (κ1) is 19.7. The highest BCUT2D eigenvalue weighted by Crippen LogP contribution is 2.32. The van der Waals surface area contributed by atoms with Gasteiger partial charge in [-0.25, -0.2) is 0 Å². The Labute approximate surface area is 184 Å². The van der Waals surface area contributed by atoms with Crippen LogP contribution in [0.1, 0.15) is 22.8 Å². The minimum absolute atomic E-state index is 0.0490. The van der Waals surface area contributed by atoms with Gasteiger partial charge in [0, 0.05) is 43.3 Å². The molecule has 4 aromatic rings. The summed E-state index contributed by atoms with van der Waals surface area (Å²) >= 11 is 0. The molecule has 0 radical (unpaired) electrons. The van der Waals surface area contributed by atoms with Crippen molar-refractivity contribution in [2.45, 2.75) is 13.5 Å². The van der Waals surface area contributed by atoms with Crippen LogP contribution in [0, 0.1) is 0 Å². The Morgan fingerprint density at radius 2 is 1.88 bits per heavy atom. The number of benzene rings is 2. The minimum atomic E-state index is -0.152. The van der Waals surface area contributed by atoms with Crippen molar-refractivity contribution in [1.82, 2.24) is 19.9 Å². The van der Waals surface area contributed by atoms with Crippen LogP contribution in [-0.4, -0.2) is 44.5 Å². The Morgan fingerprint density at radius 1 is 1.09 bits per heavy atom. The molecule has 0 unspecified atom stereocenters. The van der Waals surface area contributed by atoms with Crippen molar-refractivity contribution in [3.8, 4) is 17.6 Å². The number of carbonyl (C=O) groups excluding carboxylic acids is 1. The summed E-state index contributed by atoms with van der Waals surface area (Å²) in [5.41, 5.74) is 4.28. The van der Waals surface area contributed by atoms with Gasteiger partial charge in [-0.15, -0.1) is 0 Å². The largest absolute Gasteiger partial charge is 0.493 e. The lowest BCUT2D eigenvalue weighted by molar-refractivity contribution is 0.0787. The molecule has 2 aromatic heterocycles. The molecular weight excluding hydrogens is 406 g/mol. The molecule has 0 saturated carbocycles. The number of pyridine rings is 1. The van der Waals surface area contributed by atoms with Crippen molar-refractivity contribution in [2.75, 3.05) is 18.5 Å². The summed E-state index contributed by atoms with van der Waals surface area (Å²) in [4.78, 5) is 28.5. The van der Waals surface area contributed by atoms with E-state index < -0.39 is 0 Å².